The summed E-state index contributed by atoms with van der Waals surface area (Å²) in [7, 11) is -4.37. The second kappa shape index (κ2) is 12.1. The molecule has 0 spiro atoms. The molecule has 0 bridgehead atoms. The number of para-hydroxylation sites is 1. The number of esters is 1. The first-order valence-electron chi connectivity index (χ1n) is 13.7. The lowest BCUT2D eigenvalue weighted by atomic mass is 9.97. The number of hydrogen-bond acceptors (Lipinski definition) is 13. The lowest BCUT2D eigenvalue weighted by Crippen LogP contribution is -2.46. The molecule has 1 aromatic carbocycles. The minimum atomic E-state index is -4.37. The Morgan fingerprint density at radius 2 is 2.00 bits per heavy atom. The summed E-state index contributed by atoms with van der Waals surface area (Å²) in [4.78, 5) is 25.3. The number of nitrogens with zero attached hydrogens (tertiary/aromatic N) is 4. The summed E-state index contributed by atoms with van der Waals surface area (Å²) in [6, 6.07) is 7.25. The van der Waals surface area contributed by atoms with Gasteiger partial charge in [-0.3, -0.25) is 13.9 Å². The first-order valence-corrected chi connectivity index (χ1v) is 15.2. The lowest BCUT2D eigenvalue weighted by Gasteiger charge is -2.29. The summed E-state index contributed by atoms with van der Waals surface area (Å²) >= 11 is 0. The van der Waals surface area contributed by atoms with Crippen LogP contribution < -0.4 is 20.7 Å². The Morgan fingerprint density at radius 3 is 2.65 bits per heavy atom. The Morgan fingerprint density at radius 1 is 1.28 bits per heavy atom. The van der Waals surface area contributed by atoms with Crippen LogP contribution in [0.25, 0.3) is 11.2 Å². The third-order valence-electron chi connectivity index (χ3n) is 6.77. The Bertz CT molecular complexity index is 1560. The number of aliphatic hydroxyl groups is 2. The molecule has 0 radical (unpaired) electrons. The van der Waals surface area contributed by atoms with Crippen molar-refractivity contribution in [2.24, 2.45) is 0 Å². The van der Waals surface area contributed by atoms with Crippen molar-refractivity contribution in [3.8, 4) is 18.1 Å². The van der Waals surface area contributed by atoms with Crippen molar-refractivity contribution in [2.75, 3.05) is 17.7 Å². The van der Waals surface area contributed by atoms with E-state index in [0.29, 0.717) is 11.3 Å². The van der Waals surface area contributed by atoms with Crippen LogP contribution in [0.5, 0.6) is 5.75 Å². The van der Waals surface area contributed by atoms with Gasteiger partial charge in [-0.1, -0.05) is 24.1 Å². The maximum Gasteiger partial charge on any atom is 0.459 e. The third kappa shape index (κ3) is 6.59. The number of imidazole rings is 1. The standard InChI is InChI=1S/C27H34N7O8P/c1-5-27(13-39-43(38,42-18-9-7-6-8-10-18)33-16(4)25(37)40-15(2)3)21(36)20(35)24(41-27)34-14-29-19-22(30-17-11-12-17)31-26(28)32-23(19)34/h1,6-10,14-17,20-21,24,35-36H,11-13H2,2-4H3,(H,33,38)(H3,28,30,31,32)/t16-,20?,21?,24+,27+,43-/m0/s1. The molecule has 16 heteroatoms. The average Bonchev–Trinajstić information content (AvgIpc) is 3.62. The van der Waals surface area contributed by atoms with Gasteiger partial charge in [-0.05, 0) is 45.7 Å². The fraction of sp³-hybridized carbons (Fsp3) is 0.481. The van der Waals surface area contributed by atoms with Gasteiger partial charge in [0.1, 0.15) is 30.6 Å². The van der Waals surface area contributed by atoms with E-state index in [1.54, 1.807) is 32.0 Å². The number of anilines is 2. The van der Waals surface area contributed by atoms with Crippen molar-refractivity contribution < 1.29 is 38.1 Å². The van der Waals surface area contributed by atoms with Crippen molar-refractivity contribution in [3.05, 3.63) is 36.7 Å². The summed E-state index contributed by atoms with van der Waals surface area (Å²) in [6.45, 7) is 4.07. The van der Waals surface area contributed by atoms with E-state index in [4.69, 9.17) is 30.7 Å². The van der Waals surface area contributed by atoms with Gasteiger partial charge >= 0.3 is 13.7 Å². The van der Waals surface area contributed by atoms with Crippen molar-refractivity contribution in [1.29, 1.82) is 0 Å². The molecule has 1 saturated carbocycles. The fourth-order valence-electron chi connectivity index (χ4n) is 4.44. The first-order chi connectivity index (χ1) is 20.4. The molecule has 1 aliphatic carbocycles. The first kappa shape index (κ1) is 30.7. The van der Waals surface area contributed by atoms with Gasteiger partial charge < -0.3 is 35.3 Å². The van der Waals surface area contributed by atoms with Gasteiger partial charge in [0.2, 0.25) is 5.95 Å². The number of aromatic nitrogens is 4. The normalized spacial score (nSPS) is 25.7. The zero-order valence-electron chi connectivity index (χ0n) is 23.8. The summed E-state index contributed by atoms with van der Waals surface area (Å²) < 4.78 is 37.9. The Balaban J connectivity index is 1.40. The molecule has 2 aliphatic rings. The highest BCUT2D eigenvalue weighted by atomic mass is 31.2. The van der Waals surface area contributed by atoms with E-state index in [9.17, 15) is 19.6 Å². The molecule has 2 unspecified atom stereocenters. The van der Waals surface area contributed by atoms with Crippen LogP contribution in [0.3, 0.4) is 0 Å². The minimum Gasteiger partial charge on any atom is -0.462 e. The van der Waals surface area contributed by atoms with Crippen LogP contribution in [0.1, 0.15) is 39.8 Å². The molecule has 15 nitrogen and oxygen atoms in total. The van der Waals surface area contributed by atoms with E-state index in [1.165, 1.54) is 30.0 Å². The van der Waals surface area contributed by atoms with Gasteiger partial charge in [0.15, 0.2) is 28.8 Å². The zero-order chi connectivity index (χ0) is 30.9. The molecule has 3 heterocycles. The van der Waals surface area contributed by atoms with Crippen molar-refractivity contribution in [2.45, 2.75) is 75.8 Å². The summed E-state index contributed by atoms with van der Waals surface area (Å²) in [5, 5.41) is 28.0. The molecule has 1 aliphatic heterocycles. The molecule has 6 N–H and O–H groups in total. The number of nitrogen functional groups attached to an aromatic ring is 1. The van der Waals surface area contributed by atoms with Crippen LogP contribution in [0.4, 0.5) is 11.8 Å². The van der Waals surface area contributed by atoms with Crippen LogP contribution >= 0.6 is 7.75 Å². The molecular formula is C27H34N7O8P. The van der Waals surface area contributed by atoms with E-state index < -0.39 is 56.5 Å². The van der Waals surface area contributed by atoms with Crippen molar-refractivity contribution >= 4 is 36.6 Å². The maximum atomic E-state index is 14.0. The molecule has 6 atom stereocenters. The van der Waals surface area contributed by atoms with Crippen LogP contribution in [-0.2, 0) is 23.4 Å². The van der Waals surface area contributed by atoms with Crippen LogP contribution in [0.2, 0.25) is 0 Å². The molecule has 5 rings (SSSR count). The highest BCUT2D eigenvalue weighted by Gasteiger charge is 2.56. The Labute approximate surface area is 247 Å². The van der Waals surface area contributed by atoms with Crippen molar-refractivity contribution in [1.82, 2.24) is 24.6 Å². The maximum absolute atomic E-state index is 14.0. The Kier molecular flexibility index (Phi) is 8.62. The van der Waals surface area contributed by atoms with Crippen molar-refractivity contribution in [3.63, 3.8) is 0 Å². The Hall–Kier alpha value is -3.77. The van der Waals surface area contributed by atoms with Crippen LogP contribution in [-0.4, -0.2) is 78.3 Å². The highest BCUT2D eigenvalue weighted by molar-refractivity contribution is 7.52. The number of hydrogen-bond donors (Lipinski definition) is 5. The van der Waals surface area contributed by atoms with Crippen LogP contribution in [0, 0.1) is 12.3 Å². The van der Waals surface area contributed by atoms with E-state index in [0.717, 1.165) is 12.8 Å². The number of carbonyl (C=O) groups excluding carboxylic acids is 1. The van der Waals surface area contributed by atoms with Gasteiger partial charge in [-0.25, -0.2) is 9.55 Å². The molecule has 43 heavy (non-hydrogen) atoms. The smallest absolute Gasteiger partial charge is 0.459 e. The van der Waals surface area contributed by atoms with Gasteiger partial charge in [-0.15, -0.1) is 6.42 Å². The topological polar surface area (TPSA) is 205 Å². The number of carbonyl (C=O) groups is 1. The van der Waals surface area contributed by atoms with Crippen LogP contribution in [0.15, 0.2) is 36.7 Å². The van der Waals surface area contributed by atoms with E-state index in [-0.39, 0.29) is 23.4 Å². The zero-order valence-corrected chi connectivity index (χ0v) is 24.7. The second-order valence-electron chi connectivity index (χ2n) is 10.7. The van der Waals surface area contributed by atoms with Gasteiger partial charge in [0.05, 0.1) is 12.4 Å². The number of nitrogens with two attached hydrogens (primary N) is 1. The predicted molar refractivity (Wildman–Crippen MR) is 155 cm³/mol. The summed E-state index contributed by atoms with van der Waals surface area (Å²) in [5.74, 6) is 2.20. The number of rotatable bonds is 12. The minimum absolute atomic E-state index is 0.0350. The molecule has 2 fully saturated rings. The van der Waals surface area contributed by atoms with E-state index >= 15 is 0 Å². The molecule has 1 saturated heterocycles. The summed E-state index contributed by atoms with van der Waals surface area (Å²) in [6.07, 6.45) is 4.14. The fourth-order valence-corrected chi connectivity index (χ4v) is 5.97. The van der Waals surface area contributed by atoms with Gasteiger partial charge in [0.25, 0.3) is 0 Å². The third-order valence-corrected chi connectivity index (χ3v) is 8.40. The van der Waals surface area contributed by atoms with E-state index in [1.807, 2.05) is 0 Å². The molecule has 230 valence electrons. The average molecular weight is 616 g/mol. The number of fused-ring (bicyclic) bond motifs is 1. The largest absolute Gasteiger partial charge is 0.462 e. The quantitative estimate of drug-likeness (QED) is 0.112. The van der Waals surface area contributed by atoms with E-state index in [2.05, 4.69) is 31.3 Å². The number of benzene rings is 1. The summed E-state index contributed by atoms with van der Waals surface area (Å²) in [5.41, 5.74) is 4.55. The monoisotopic (exact) mass is 615 g/mol. The second-order valence-corrected chi connectivity index (χ2v) is 12.4. The molecular weight excluding hydrogens is 581 g/mol. The number of ether oxygens (including phenoxy) is 2. The number of aliphatic hydroxyl groups excluding tert-OH is 2. The molecule has 3 aromatic rings. The molecule has 0 amide bonds. The SMILES string of the molecule is C#C[C@]1(CO[P@@](=O)(N[C@@H](C)C(=O)OC(C)C)Oc2ccccc2)O[C@@H](n2cnc3c(NC4CC4)nc(N)nc32)C(O)C1O. The lowest BCUT2D eigenvalue weighted by molar-refractivity contribution is -0.149. The number of terminal acetylenes is 1. The van der Waals surface area contributed by atoms with Gasteiger partial charge in [-0.2, -0.15) is 15.1 Å². The molecule has 2 aromatic heterocycles. The van der Waals surface area contributed by atoms with Gasteiger partial charge in [0, 0.05) is 6.04 Å². The predicted octanol–water partition coefficient (Wildman–Crippen LogP) is 1.74. The number of nitrogens with one attached hydrogen (secondary N) is 2. The highest BCUT2D eigenvalue weighted by Crippen LogP contribution is 2.48.